The van der Waals surface area contributed by atoms with Gasteiger partial charge in [0.15, 0.2) is 0 Å². The predicted octanol–water partition coefficient (Wildman–Crippen LogP) is 3.07. The molecule has 1 fully saturated rings. The van der Waals surface area contributed by atoms with Crippen molar-refractivity contribution in [3.05, 3.63) is 46.3 Å². The molecular formula is C14H11F3N2O2S. The molecule has 0 bridgehead atoms. The first-order chi connectivity index (χ1) is 10.4. The Morgan fingerprint density at radius 3 is 2.77 bits per heavy atom. The summed E-state index contributed by atoms with van der Waals surface area (Å²) in [7, 11) is 0. The first kappa shape index (κ1) is 14.8. The van der Waals surface area contributed by atoms with Crippen LogP contribution in [0.1, 0.15) is 15.9 Å². The second-order valence-electron chi connectivity index (χ2n) is 4.82. The van der Waals surface area contributed by atoms with E-state index in [0.717, 1.165) is 6.07 Å². The van der Waals surface area contributed by atoms with E-state index >= 15 is 0 Å². The molecule has 3 rings (SSSR count). The van der Waals surface area contributed by atoms with Gasteiger partial charge in [0.25, 0.3) is 5.91 Å². The van der Waals surface area contributed by atoms with Crippen LogP contribution in [0.5, 0.6) is 5.88 Å². The Morgan fingerprint density at radius 1 is 1.36 bits per heavy atom. The molecule has 1 aliphatic rings. The zero-order chi connectivity index (χ0) is 15.7. The summed E-state index contributed by atoms with van der Waals surface area (Å²) in [6.45, 7) is 0.505. The van der Waals surface area contributed by atoms with Crippen LogP contribution in [0.2, 0.25) is 0 Å². The van der Waals surface area contributed by atoms with E-state index < -0.39 is 23.7 Å². The number of ether oxygens (including phenoxy) is 1. The van der Waals surface area contributed by atoms with Gasteiger partial charge in [0, 0.05) is 11.6 Å². The number of thiophene rings is 1. The fraction of sp³-hybridized carbons (Fsp3) is 0.286. The number of alkyl halides is 3. The molecule has 0 saturated carbocycles. The van der Waals surface area contributed by atoms with Gasteiger partial charge in [0.2, 0.25) is 5.88 Å². The number of likely N-dealkylation sites (tertiary alicyclic amines) is 1. The van der Waals surface area contributed by atoms with Crippen molar-refractivity contribution in [3.8, 4) is 5.88 Å². The van der Waals surface area contributed by atoms with Gasteiger partial charge < -0.3 is 9.64 Å². The van der Waals surface area contributed by atoms with Crippen molar-refractivity contribution in [2.75, 3.05) is 13.1 Å². The van der Waals surface area contributed by atoms with Gasteiger partial charge in [-0.15, -0.1) is 0 Å². The molecule has 116 valence electrons. The smallest absolute Gasteiger partial charge is 0.421 e. The highest BCUT2D eigenvalue weighted by Crippen LogP contribution is 2.35. The normalized spacial score (nSPS) is 15.5. The summed E-state index contributed by atoms with van der Waals surface area (Å²) in [4.78, 5) is 17.2. The molecule has 0 spiro atoms. The first-order valence-corrected chi connectivity index (χ1v) is 7.40. The Hall–Kier alpha value is -2.09. The molecule has 0 aliphatic carbocycles. The van der Waals surface area contributed by atoms with E-state index in [0.29, 0.717) is 5.56 Å². The average molecular weight is 328 g/mol. The Bertz CT molecular complexity index is 667. The highest BCUT2D eigenvalue weighted by Gasteiger charge is 2.38. The van der Waals surface area contributed by atoms with Crippen LogP contribution in [0.15, 0.2) is 35.2 Å². The van der Waals surface area contributed by atoms with Gasteiger partial charge in [-0.05, 0) is 23.6 Å². The van der Waals surface area contributed by atoms with Crippen molar-refractivity contribution >= 4 is 17.2 Å². The highest BCUT2D eigenvalue weighted by atomic mass is 32.1. The molecule has 0 radical (unpaired) electrons. The number of hydrogen-bond acceptors (Lipinski definition) is 4. The SMILES string of the molecule is O=C(c1ccsc1)N1CC(Oc2ncccc2C(F)(F)F)C1. The number of nitrogens with zero attached hydrogens (tertiary/aromatic N) is 2. The lowest BCUT2D eigenvalue weighted by Crippen LogP contribution is -2.56. The summed E-state index contributed by atoms with van der Waals surface area (Å²) in [6.07, 6.45) is -3.74. The monoisotopic (exact) mass is 328 g/mol. The lowest BCUT2D eigenvalue weighted by molar-refractivity contribution is -0.140. The van der Waals surface area contributed by atoms with Gasteiger partial charge in [-0.1, -0.05) is 0 Å². The van der Waals surface area contributed by atoms with Crippen LogP contribution < -0.4 is 4.74 Å². The summed E-state index contributed by atoms with van der Waals surface area (Å²) in [5.41, 5.74) is -0.324. The molecule has 8 heteroatoms. The molecule has 1 aliphatic heterocycles. The standard InChI is InChI=1S/C14H11F3N2O2S/c15-14(16,17)11-2-1-4-18-12(11)21-10-6-19(7-10)13(20)9-3-5-22-8-9/h1-5,8,10H,6-7H2. The van der Waals surface area contributed by atoms with Gasteiger partial charge >= 0.3 is 6.18 Å². The number of aromatic nitrogens is 1. The van der Waals surface area contributed by atoms with Crippen molar-refractivity contribution in [2.24, 2.45) is 0 Å². The van der Waals surface area contributed by atoms with E-state index in [-0.39, 0.29) is 19.0 Å². The zero-order valence-electron chi connectivity index (χ0n) is 11.2. The van der Waals surface area contributed by atoms with E-state index in [9.17, 15) is 18.0 Å². The first-order valence-electron chi connectivity index (χ1n) is 6.45. The summed E-state index contributed by atoms with van der Waals surface area (Å²) >= 11 is 1.41. The van der Waals surface area contributed by atoms with Crippen LogP contribution in [-0.2, 0) is 6.18 Å². The quantitative estimate of drug-likeness (QED) is 0.870. The molecule has 0 aromatic carbocycles. The van der Waals surface area contributed by atoms with Crippen LogP contribution in [-0.4, -0.2) is 35.0 Å². The third-order valence-electron chi connectivity index (χ3n) is 3.26. The number of amides is 1. The highest BCUT2D eigenvalue weighted by molar-refractivity contribution is 7.08. The molecule has 0 unspecified atom stereocenters. The lowest BCUT2D eigenvalue weighted by Gasteiger charge is -2.38. The minimum atomic E-state index is -4.51. The molecule has 0 N–H and O–H groups in total. The number of carbonyl (C=O) groups excluding carboxylic acids is 1. The van der Waals surface area contributed by atoms with E-state index in [4.69, 9.17) is 4.74 Å². The van der Waals surface area contributed by atoms with Crippen molar-refractivity contribution in [1.82, 2.24) is 9.88 Å². The minimum Gasteiger partial charge on any atom is -0.470 e. The molecule has 4 nitrogen and oxygen atoms in total. The number of rotatable bonds is 3. The summed E-state index contributed by atoms with van der Waals surface area (Å²) in [5.74, 6) is -0.583. The van der Waals surface area contributed by atoms with Crippen molar-refractivity contribution in [2.45, 2.75) is 12.3 Å². The van der Waals surface area contributed by atoms with Gasteiger partial charge in [-0.25, -0.2) is 4.98 Å². The second-order valence-corrected chi connectivity index (χ2v) is 5.60. The van der Waals surface area contributed by atoms with Gasteiger partial charge in [0.1, 0.15) is 11.7 Å². The number of halogens is 3. The Morgan fingerprint density at radius 2 is 2.14 bits per heavy atom. The largest absolute Gasteiger partial charge is 0.470 e. The third kappa shape index (κ3) is 2.92. The molecule has 2 aromatic rings. The van der Waals surface area contributed by atoms with E-state index in [2.05, 4.69) is 4.98 Å². The summed E-state index contributed by atoms with van der Waals surface area (Å²) < 4.78 is 43.8. The maximum absolute atomic E-state index is 12.8. The van der Waals surface area contributed by atoms with Crippen LogP contribution >= 0.6 is 11.3 Å². The van der Waals surface area contributed by atoms with Crippen molar-refractivity contribution in [1.29, 1.82) is 0 Å². The van der Waals surface area contributed by atoms with Crippen LogP contribution in [0.3, 0.4) is 0 Å². The average Bonchev–Trinajstić information content (AvgIpc) is 2.95. The number of hydrogen-bond donors (Lipinski definition) is 0. The fourth-order valence-corrected chi connectivity index (χ4v) is 2.74. The molecule has 1 amide bonds. The molecule has 0 atom stereocenters. The Kier molecular flexibility index (Phi) is 3.78. The van der Waals surface area contributed by atoms with Gasteiger partial charge in [0.05, 0.1) is 18.7 Å². The molecule has 22 heavy (non-hydrogen) atoms. The minimum absolute atomic E-state index is 0.141. The van der Waals surface area contributed by atoms with Gasteiger partial charge in [-0.3, -0.25) is 4.79 Å². The Labute approximate surface area is 128 Å². The molecule has 1 saturated heterocycles. The summed E-state index contributed by atoms with van der Waals surface area (Å²) in [5, 5.41) is 3.53. The zero-order valence-corrected chi connectivity index (χ0v) is 12.0. The molecule has 3 heterocycles. The molecule has 2 aromatic heterocycles. The third-order valence-corrected chi connectivity index (χ3v) is 3.94. The van der Waals surface area contributed by atoms with Crippen LogP contribution in [0.4, 0.5) is 13.2 Å². The van der Waals surface area contributed by atoms with E-state index in [1.807, 2.05) is 0 Å². The van der Waals surface area contributed by atoms with Crippen molar-refractivity contribution in [3.63, 3.8) is 0 Å². The topological polar surface area (TPSA) is 42.4 Å². The number of carbonyl (C=O) groups is 1. The molecular weight excluding hydrogens is 317 g/mol. The van der Waals surface area contributed by atoms with Crippen LogP contribution in [0.25, 0.3) is 0 Å². The fourth-order valence-electron chi connectivity index (χ4n) is 2.11. The Balaban J connectivity index is 1.62. The van der Waals surface area contributed by atoms with E-state index in [1.54, 1.807) is 16.8 Å². The second kappa shape index (κ2) is 5.60. The number of pyridine rings is 1. The predicted molar refractivity (Wildman–Crippen MR) is 73.9 cm³/mol. The summed E-state index contributed by atoms with van der Waals surface area (Å²) in [6, 6.07) is 3.85. The maximum atomic E-state index is 12.8. The lowest BCUT2D eigenvalue weighted by atomic mass is 10.1. The van der Waals surface area contributed by atoms with Gasteiger partial charge in [-0.2, -0.15) is 24.5 Å². The van der Waals surface area contributed by atoms with Crippen LogP contribution in [0, 0.1) is 0 Å². The van der Waals surface area contributed by atoms with Crippen molar-refractivity contribution < 1.29 is 22.7 Å². The van der Waals surface area contributed by atoms with E-state index in [1.165, 1.54) is 28.5 Å². The maximum Gasteiger partial charge on any atom is 0.421 e.